The monoisotopic (exact) mass is 502 g/mol. The van der Waals surface area contributed by atoms with E-state index in [2.05, 4.69) is 25.9 Å². The number of hydrogen-bond acceptors (Lipinski definition) is 7. The van der Waals surface area contributed by atoms with Crippen LogP contribution in [0.25, 0.3) is 0 Å². The van der Waals surface area contributed by atoms with Gasteiger partial charge >= 0.3 is 5.97 Å². The maximum atomic E-state index is 13.0. The minimum Gasteiger partial charge on any atom is -0.480 e. The van der Waals surface area contributed by atoms with Gasteiger partial charge in [-0.2, -0.15) is 0 Å². The van der Waals surface area contributed by atoms with Crippen molar-refractivity contribution in [2.45, 2.75) is 63.9 Å². The number of carboxylic acid groups (broad SMARTS) is 1. The van der Waals surface area contributed by atoms with Crippen LogP contribution in [0.5, 0.6) is 0 Å². The standard InChI is InChI=1S/C24H34N6O6/c1-13(2)19(22(33)28-18(24(35)36)9-15-7-5-4-6-8-15)29-23(34)20(14(3)31)30-21(32)17(25)10-16-11-26-12-27-16/h4-8,11-14,17-20,31H,9-10,25H2,1-3H3,(H,26,27)(H,28,33)(H,29,34)(H,30,32)(H,35,36). The summed E-state index contributed by atoms with van der Waals surface area (Å²) in [6.45, 7) is 4.66. The maximum Gasteiger partial charge on any atom is 0.326 e. The molecule has 0 radical (unpaired) electrons. The zero-order valence-corrected chi connectivity index (χ0v) is 20.5. The van der Waals surface area contributed by atoms with E-state index in [1.54, 1.807) is 44.2 Å². The Kier molecular flexibility index (Phi) is 10.6. The van der Waals surface area contributed by atoms with Crippen molar-refractivity contribution < 1.29 is 29.4 Å². The minimum atomic E-state index is -1.39. The molecule has 2 aromatic rings. The van der Waals surface area contributed by atoms with Crippen LogP contribution >= 0.6 is 0 Å². The summed E-state index contributed by atoms with van der Waals surface area (Å²) in [6, 6.07) is 4.07. The smallest absolute Gasteiger partial charge is 0.326 e. The van der Waals surface area contributed by atoms with E-state index in [1.807, 2.05) is 0 Å². The zero-order chi connectivity index (χ0) is 26.8. The lowest BCUT2D eigenvalue weighted by molar-refractivity contribution is -0.142. The number of amides is 3. The maximum absolute atomic E-state index is 13.0. The van der Waals surface area contributed by atoms with Gasteiger partial charge in [0.15, 0.2) is 0 Å². The third-order valence-corrected chi connectivity index (χ3v) is 5.54. The topological polar surface area (TPSA) is 200 Å². The first-order chi connectivity index (χ1) is 17.0. The van der Waals surface area contributed by atoms with Crippen LogP contribution in [0.4, 0.5) is 0 Å². The summed E-state index contributed by atoms with van der Waals surface area (Å²) in [7, 11) is 0. The number of imidazole rings is 1. The molecule has 0 bridgehead atoms. The first-order valence-corrected chi connectivity index (χ1v) is 11.6. The third kappa shape index (κ3) is 8.47. The second-order valence-corrected chi connectivity index (χ2v) is 8.93. The average Bonchev–Trinajstić information content (AvgIpc) is 3.33. The highest BCUT2D eigenvalue weighted by molar-refractivity contribution is 5.94. The van der Waals surface area contributed by atoms with Crippen molar-refractivity contribution in [3.8, 4) is 0 Å². The van der Waals surface area contributed by atoms with E-state index >= 15 is 0 Å². The van der Waals surface area contributed by atoms with Gasteiger partial charge in [0.2, 0.25) is 17.7 Å². The Morgan fingerprint density at radius 2 is 1.56 bits per heavy atom. The number of nitrogens with zero attached hydrogens (tertiary/aromatic N) is 1. The molecule has 1 heterocycles. The van der Waals surface area contributed by atoms with Gasteiger partial charge in [0.05, 0.1) is 18.5 Å². The summed E-state index contributed by atoms with van der Waals surface area (Å²) >= 11 is 0. The summed E-state index contributed by atoms with van der Waals surface area (Å²) < 4.78 is 0. The lowest BCUT2D eigenvalue weighted by Gasteiger charge is -2.28. The molecular weight excluding hydrogens is 468 g/mol. The van der Waals surface area contributed by atoms with Crippen molar-refractivity contribution in [2.75, 3.05) is 0 Å². The van der Waals surface area contributed by atoms with Crippen LogP contribution in [-0.4, -0.2) is 74.1 Å². The summed E-state index contributed by atoms with van der Waals surface area (Å²) in [4.78, 5) is 56.9. The van der Waals surface area contributed by atoms with Crippen molar-refractivity contribution in [1.82, 2.24) is 25.9 Å². The van der Waals surface area contributed by atoms with Gasteiger partial charge in [-0.05, 0) is 18.4 Å². The van der Waals surface area contributed by atoms with Crippen LogP contribution in [-0.2, 0) is 32.0 Å². The molecule has 8 N–H and O–H groups in total. The molecule has 0 saturated heterocycles. The molecule has 3 amide bonds. The molecule has 0 saturated carbocycles. The third-order valence-electron chi connectivity index (χ3n) is 5.54. The predicted molar refractivity (Wildman–Crippen MR) is 130 cm³/mol. The number of H-pyrrole nitrogens is 1. The normalized spacial score (nSPS) is 15.3. The number of nitrogens with two attached hydrogens (primary N) is 1. The van der Waals surface area contributed by atoms with E-state index in [0.29, 0.717) is 5.69 Å². The molecule has 1 aromatic heterocycles. The molecule has 196 valence electrons. The molecule has 36 heavy (non-hydrogen) atoms. The number of carboxylic acids is 1. The SMILES string of the molecule is CC(C)C(NC(=O)C(NC(=O)C(N)Cc1cnc[nH]1)C(C)O)C(=O)NC(Cc1ccccc1)C(=O)O. The summed E-state index contributed by atoms with van der Waals surface area (Å²) in [6.07, 6.45) is 1.85. The quantitative estimate of drug-likeness (QED) is 0.183. The van der Waals surface area contributed by atoms with Crippen LogP contribution in [0.1, 0.15) is 32.0 Å². The van der Waals surface area contributed by atoms with Crippen molar-refractivity contribution in [3.63, 3.8) is 0 Å². The number of rotatable bonds is 13. The van der Waals surface area contributed by atoms with Gasteiger partial charge in [0.25, 0.3) is 0 Å². The van der Waals surface area contributed by atoms with Gasteiger partial charge in [-0.15, -0.1) is 0 Å². The first kappa shape index (κ1) is 28.5. The summed E-state index contributed by atoms with van der Waals surface area (Å²) in [5, 5.41) is 27.1. The molecule has 12 nitrogen and oxygen atoms in total. The van der Waals surface area contributed by atoms with Crippen LogP contribution < -0.4 is 21.7 Å². The van der Waals surface area contributed by atoms with Crippen LogP contribution in [0.2, 0.25) is 0 Å². The number of nitrogens with one attached hydrogen (secondary N) is 4. The number of carbonyl (C=O) groups excluding carboxylic acids is 3. The highest BCUT2D eigenvalue weighted by atomic mass is 16.4. The lowest BCUT2D eigenvalue weighted by Crippen LogP contribution is -2.61. The number of aliphatic hydroxyl groups is 1. The largest absolute Gasteiger partial charge is 0.480 e. The van der Waals surface area contributed by atoms with Crippen molar-refractivity contribution in [1.29, 1.82) is 0 Å². The fraction of sp³-hybridized carbons (Fsp3) is 0.458. The van der Waals surface area contributed by atoms with Gasteiger partial charge < -0.3 is 36.9 Å². The predicted octanol–water partition coefficient (Wildman–Crippen LogP) is -0.902. The Bertz CT molecular complexity index is 1010. The molecule has 0 aliphatic carbocycles. The molecule has 0 spiro atoms. The Morgan fingerprint density at radius 3 is 2.08 bits per heavy atom. The average molecular weight is 503 g/mol. The summed E-state index contributed by atoms with van der Waals surface area (Å²) in [5.41, 5.74) is 7.25. The zero-order valence-electron chi connectivity index (χ0n) is 20.5. The fourth-order valence-electron chi connectivity index (χ4n) is 3.48. The van der Waals surface area contributed by atoms with Crippen LogP contribution in [0, 0.1) is 5.92 Å². The highest BCUT2D eigenvalue weighted by Gasteiger charge is 2.33. The summed E-state index contributed by atoms with van der Waals surface area (Å²) in [5.74, 6) is -3.83. The van der Waals surface area contributed by atoms with Gasteiger partial charge in [-0.25, -0.2) is 9.78 Å². The second kappa shape index (κ2) is 13.4. The molecule has 5 unspecified atom stereocenters. The number of benzene rings is 1. The minimum absolute atomic E-state index is 0.0568. The Labute approximate surface area is 209 Å². The van der Waals surface area contributed by atoms with Crippen molar-refractivity contribution >= 4 is 23.7 Å². The van der Waals surface area contributed by atoms with E-state index in [4.69, 9.17) is 5.73 Å². The number of carbonyl (C=O) groups is 4. The Hall–Kier alpha value is -3.77. The number of aliphatic carboxylic acids is 1. The number of hydrogen-bond donors (Lipinski definition) is 7. The molecule has 0 fully saturated rings. The lowest BCUT2D eigenvalue weighted by atomic mass is 10.0. The Morgan fingerprint density at radius 1 is 0.944 bits per heavy atom. The van der Waals surface area contributed by atoms with E-state index in [0.717, 1.165) is 5.56 Å². The van der Waals surface area contributed by atoms with Crippen LogP contribution in [0.15, 0.2) is 42.9 Å². The molecule has 1 aromatic carbocycles. The second-order valence-electron chi connectivity index (χ2n) is 8.93. The highest BCUT2D eigenvalue weighted by Crippen LogP contribution is 2.08. The van der Waals surface area contributed by atoms with Gasteiger partial charge in [0, 0.05) is 24.7 Å². The van der Waals surface area contributed by atoms with Crippen molar-refractivity contribution in [2.24, 2.45) is 11.7 Å². The van der Waals surface area contributed by atoms with Crippen LogP contribution in [0.3, 0.4) is 0 Å². The van der Waals surface area contributed by atoms with E-state index in [1.165, 1.54) is 19.4 Å². The van der Waals surface area contributed by atoms with Gasteiger partial charge in [-0.1, -0.05) is 44.2 Å². The molecule has 2 rings (SSSR count). The van der Waals surface area contributed by atoms with E-state index in [9.17, 15) is 29.4 Å². The van der Waals surface area contributed by atoms with E-state index < -0.39 is 59.9 Å². The molecule has 12 heteroatoms. The fourth-order valence-corrected chi connectivity index (χ4v) is 3.48. The molecule has 0 aliphatic rings. The molecular formula is C24H34N6O6. The number of aromatic amines is 1. The number of aliphatic hydroxyl groups excluding tert-OH is 1. The van der Waals surface area contributed by atoms with Gasteiger partial charge in [-0.3, -0.25) is 14.4 Å². The van der Waals surface area contributed by atoms with Gasteiger partial charge in [0.1, 0.15) is 18.1 Å². The first-order valence-electron chi connectivity index (χ1n) is 11.6. The van der Waals surface area contributed by atoms with E-state index in [-0.39, 0.29) is 12.8 Å². The Balaban J connectivity index is 2.06. The molecule has 5 atom stereocenters. The van der Waals surface area contributed by atoms with Crippen molar-refractivity contribution in [3.05, 3.63) is 54.1 Å². The molecule has 0 aliphatic heterocycles. The number of aromatic nitrogens is 2.